The smallest absolute Gasteiger partial charge is 0.255 e. The predicted molar refractivity (Wildman–Crippen MR) is 144 cm³/mol. The van der Waals surface area contributed by atoms with Gasteiger partial charge in [0.05, 0.1) is 12.5 Å². The van der Waals surface area contributed by atoms with Crippen molar-refractivity contribution < 1.29 is 24.0 Å². The number of benzene rings is 2. The Labute approximate surface area is 229 Å². The van der Waals surface area contributed by atoms with Crippen LogP contribution < -0.4 is 16.0 Å². The van der Waals surface area contributed by atoms with Crippen LogP contribution in [0.4, 0.5) is 5.69 Å². The van der Waals surface area contributed by atoms with Crippen LogP contribution >= 0.6 is 0 Å². The van der Waals surface area contributed by atoms with Gasteiger partial charge in [-0.05, 0) is 60.7 Å². The van der Waals surface area contributed by atoms with Crippen molar-refractivity contribution >= 4 is 35.7 Å². The summed E-state index contributed by atoms with van der Waals surface area (Å²) >= 11 is 0. The Morgan fingerprint density at radius 3 is 2.73 bits per heavy atom. The zero-order chi connectivity index (χ0) is 28.1. The molecule has 3 heterocycles. The molecule has 3 N–H and O–H groups in total. The van der Waals surface area contributed by atoms with Gasteiger partial charge in [-0.2, -0.15) is 0 Å². The van der Waals surface area contributed by atoms with Crippen LogP contribution in [0.3, 0.4) is 0 Å². The summed E-state index contributed by atoms with van der Waals surface area (Å²) in [6, 6.07) is 11.2. The molecule has 1 atom stereocenters. The van der Waals surface area contributed by atoms with E-state index >= 15 is 0 Å². The van der Waals surface area contributed by atoms with Crippen molar-refractivity contribution in [2.24, 2.45) is 0 Å². The van der Waals surface area contributed by atoms with Gasteiger partial charge in [0, 0.05) is 48.4 Å². The highest BCUT2D eigenvalue weighted by molar-refractivity contribution is 6.05. The van der Waals surface area contributed by atoms with Gasteiger partial charge in [0.25, 0.3) is 11.8 Å². The molecule has 5 amide bonds. The molecule has 11 heteroatoms. The van der Waals surface area contributed by atoms with Crippen molar-refractivity contribution in [3.05, 3.63) is 82.9 Å². The van der Waals surface area contributed by atoms with Gasteiger partial charge >= 0.3 is 0 Å². The van der Waals surface area contributed by atoms with Crippen molar-refractivity contribution in [1.82, 2.24) is 25.1 Å². The van der Waals surface area contributed by atoms with E-state index in [1.807, 2.05) is 10.6 Å². The number of rotatable bonds is 8. The second-order valence-electron chi connectivity index (χ2n) is 9.40. The molecule has 2 aliphatic heterocycles. The molecule has 0 spiro atoms. The summed E-state index contributed by atoms with van der Waals surface area (Å²) in [5.41, 5.74) is 3.75. The lowest BCUT2D eigenvalue weighted by Gasteiger charge is -2.29. The number of nitrogens with one attached hydrogen (secondary N) is 3. The predicted octanol–water partition coefficient (Wildman–Crippen LogP) is 1.43. The van der Waals surface area contributed by atoms with Crippen LogP contribution in [0.2, 0.25) is 0 Å². The average Bonchev–Trinajstić information content (AvgIpc) is 3.54. The maximum absolute atomic E-state index is 13.0. The first-order chi connectivity index (χ1) is 19.4. The summed E-state index contributed by atoms with van der Waals surface area (Å²) in [6.07, 6.45) is 5.06. The lowest BCUT2D eigenvalue weighted by atomic mass is 10.0. The quantitative estimate of drug-likeness (QED) is 0.171. The third-order valence-electron chi connectivity index (χ3n) is 6.85. The van der Waals surface area contributed by atoms with E-state index in [-0.39, 0.29) is 30.7 Å². The first-order valence-electron chi connectivity index (χ1n) is 12.8. The highest BCUT2D eigenvalue weighted by Crippen LogP contribution is 2.29. The number of fused-ring (bicyclic) bond motifs is 1. The molecular weight excluding hydrogens is 512 g/mol. The van der Waals surface area contributed by atoms with Crippen molar-refractivity contribution in [2.75, 3.05) is 11.9 Å². The Balaban J connectivity index is 1.20. The van der Waals surface area contributed by atoms with E-state index in [9.17, 15) is 24.0 Å². The van der Waals surface area contributed by atoms with E-state index < -0.39 is 11.9 Å². The number of hydrogen-bond donors (Lipinski definition) is 3. The average molecular weight is 539 g/mol. The molecular formula is C29H26N6O5. The number of carbonyl (C=O) groups excluding carboxylic acids is 5. The largest absolute Gasteiger partial charge is 0.352 e. The van der Waals surface area contributed by atoms with E-state index in [4.69, 9.17) is 0 Å². The molecule has 5 rings (SSSR count). The van der Waals surface area contributed by atoms with Crippen LogP contribution in [-0.2, 0) is 27.5 Å². The number of hydrogen-bond acceptors (Lipinski definition) is 6. The maximum Gasteiger partial charge on any atom is 0.255 e. The lowest BCUT2D eigenvalue weighted by molar-refractivity contribution is -0.136. The molecule has 1 saturated heterocycles. The normalized spacial score (nSPS) is 16.1. The Hall–Kier alpha value is -5.24. The van der Waals surface area contributed by atoms with Gasteiger partial charge in [-0.3, -0.25) is 29.3 Å². The van der Waals surface area contributed by atoms with Gasteiger partial charge in [0.15, 0.2) is 0 Å². The molecule has 0 radical (unpaired) electrons. The number of imide groups is 1. The van der Waals surface area contributed by atoms with Crippen LogP contribution in [-0.4, -0.2) is 57.1 Å². The number of aryl methyl sites for hydroxylation is 1. The summed E-state index contributed by atoms with van der Waals surface area (Å²) in [5.74, 6) is 5.06. The standard InChI is InChI=1S/C29H26N6O5/c36-18-32-21-8-5-20(6-9-21)27(38)31-13-2-14-34-17-30-15-22(34)10-7-19-3-1-4-23-24(19)16-35(29(23)40)25-11-12-26(37)33-28(25)39/h1,3-6,8-9,15,17-18,25H,2,11-14,16H2,(H,31,38)(H,32,36)(H,33,37,39). The first-order valence-corrected chi connectivity index (χ1v) is 12.8. The monoisotopic (exact) mass is 538 g/mol. The number of amides is 5. The number of nitrogens with zero attached hydrogens (tertiary/aromatic N) is 3. The Morgan fingerprint density at radius 1 is 1.12 bits per heavy atom. The van der Waals surface area contributed by atoms with Crippen molar-refractivity contribution in [3.63, 3.8) is 0 Å². The van der Waals surface area contributed by atoms with Gasteiger partial charge in [-0.1, -0.05) is 12.0 Å². The van der Waals surface area contributed by atoms with Crippen molar-refractivity contribution in [1.29, 1.82) is 0 Å². The van der Waals surface area contributed by atoms with Gasteiger partial charge in [0.1, 0.15) is 11.7 Å². The molecule has 2 aliphatic rings. The molecule has 202 valence electrons. The van der Waals surface area contributed by atoms with E-state index in [2.05, 4.69) is 32.8 Å². The highest BCUT2D eigenvalue weighted by Gasteiger charge is 2.39. The molecule has 2 aromatic carbocycles. The molecule has 1 unspecified atom stereocenters. The molecule has 11 nitrogen and oxygen atoms in total. The summed E-state index contributed by atoms with van der Waals surface area (Å²) in [5, 5.41) is 7.72. The summed E-state index contributed by atoms with van der Waals surface area (Å²) in [6.45, 7) is 1.28. The van der Waals surface area contributed by atoms with Crippen LogP contribution in [0.5, 0.6) is 0 Å². The van der Waals surface area contributed by atoms with E-state index in [0.717, 1.165) is 5.56 Å². The van der Waals surface area contributed by atoms with Crippen LogP contribution in [0, 0.1) is 11.8 Å². The van der Waals surface area contributed by atoms with E-state index in [1.165, 1.54) is 4.90 Å². The molecule has 40 heavy (non-hydrogen) atoms. The number of piperidine rings is 1. The van der Waals surface area contributed by atoms with Crippen molar-refractivity contribution in [3.8, 4) is 11.8 Å². The van der Waals surface area contributed by atoms with Crippen LogP contribution in [0.25, 0.3) is 0 Å². The lowest BCUT2D eigenvalue weighted by Crippen LogP contribution is -2.52. The van der Waals surface area contributed by atoms with Gasteiger partial charge in [-0.15, -0.1) is 0 Å². The topological polar surface area (TPSA) is 142 Å². The van der Waals surface area contributed by atoms with Gasteiger partial charge in [-0.25, -0.2) is 4.98 Å². The number of anilines is 1. The molecule has 0 saturated carbocycles. The summed E-state index contributed by atoms with van der Waals surface area (Å²) < 4.78 is 1.89. The Bertz CT molecular complexity index is 1550. The van der Waals surface area contributed by atoms with Crippen LogP contribution in [0.15, 0.2) is 55.0 Å². The molecule has 0 bridgehead atoms. The van der Waals surface area contributed by atoms with Gasteiger partial charge in [0.2, 0.25) is 18.2 Å². The minimum Gasteiger partial charge on any atom is -0.352 e. The fraction of sp³-hybridized carbons (Fsp3) is 0.241. The number of aromatic nitrogens is 2. The molecule has 0 aliphatic carbocycles. The van der Waals surface area contributed by atoms with E-state index in [0.29, 0.717) is 60.4 Å². The molecule has 3 aromatic rings. The van der Waals surface area contributed by atoms with Crippen molar-refractivity contribution in [2.45, 2.75) is 38.4 Å². The minimum atomic E-state index is -0.681. The third kappa shape index (κ3) is 5.61. The summed E-state index contributed by atoms with van der Waals surface area (Å²) in [4.78, 5) is 65.5. The third-order valence-corrected chi connectivity index (χ3v) is 6.85. The number of imidazole rings is 1. The first kappa shape index (κ1) is 26.4. The highest BCUT2D eigenvalue weighted by atomic mass is 16.2. The van der Waals surface area contributed by atoms with Gasteiger partial charge < -0.3 is 20.1 Å². The fourth-order valence-electron chi connectivity index (χ4n) is 4.78. The minimum absolute atomic E-state index is 0.199. The second kappa shape index (κ2) is 11.7. The molecule has 1 aromatic heterocycles. The second-order valence-corrected chi connectivity index (χ2v) is 9.40. The van der Waals surface area contributed by atoms with Crippen LogP contribution in [0.1, 0.15) is 56.8 Å². The summed E-state index contributed by atoms with van der Waals surface area (Å²) in [7, 11) is 0. The SMILES string of the molecule is O=CNc1ccc(C(=O)NCCCn2cncc2C#Cc2cccc3c2CN(C2CCC(=O)NC2=O)C3=O)cc1. The Morgan fingerprint density at radius 2 is 1.95 bits per heavy atom. The van der Waals surface area contributed by atoms with E-state index in [1.54, 1.807) is 48.9 Å². The zero-order valence-corrected chi connectivity index (χ0v) is 21.5. The number of carbonyl (C=O) groups is 5. The zero-order valence-electron chi connectivity index (χ0n) is 21.5. The maximum atomic E-state index is 13.0. The molecule has 1 fully saturated rings. The Kier molecular flexibility index (Phi) is 7.68. The fourth-order valence-corrected chi connectivity index (χ4v) is 4.78.